The van der Waals surface area contributed by atoms with Crippen LogP contribution in [-0.4, -0.2) is 41.7 Å². The molecule has 1 fully saturated rings. The number of esters is 1. The molecule has 0 radical (unpaired) electrons. The van der Waals surface area contributed by atoms with Crippen molar-refractivity contribution in [2.75, 3.05) is 24.6 Å². The summed E-state index contributed by atoms with van der Waals surface area (Å²) in [7, 11) is 0. The quantitative estimate of drug-likeness (QED) is 0.837. The summed E-state index contributed by atoms with van der Waals surface area (Å²) in [4.78, 5) is 28.9. The zero-order chi connectivity index (χ0) is 16.5. The molecule has 1 aliphatic rings. The van der Waals surface area contributed by atoms with Crippen LogP contribution in [0, 0.1) is 23.7 Å². The first-order chi connectivity index (χ1) is 10.3. The highest BCUT2D eigenvalue weighted by Gasteiger charge is 2.46. The van der Waals surface area contributed by atoms with Crippen LogP contribution in [0.4, 0.5) is 5.82 Å². The number of carbonyl (C=O) groups excluding carboxylic acids is 1. The van der Waals surface area contributed by atoms with Gasteiger partial charge in [-0.15, -0.1) is 0 Å². The Labute approximate surface area is 128 Å². The average molecular weight is 303 g/mol. The maximum atomic E-state index is 11.8. The molecule has 1 aromatic rings. The first-order valence-corrected chi connectivity index (χ1v) is 6.89. The van der Waals surface area contributed by atoms with Gasteiger partial charge in [-0.25, -0.2) is 9.78 Å². The van der Waals surface area contributed by atoms with E-state index >= 15 is 0 Å². The number of anilines is 1. The number of nitriles is 1. The van der Waals surface area contributed by atoms with Gasteiger partial charge in [-0.2, -0.15) is 5.26 Å². The molecule has 1 aromatic heterocycles. The van der Waals surface area contributed by atoms with Gasteiger partial charge in [0.2, 0.25) is 0 Å². The number of ether oxygens (including phenoxy) is 1. The third-order valence-corrected chi connectivity index (χ3v) is 3.82. The molecular weight excluding hydrogens is 286 g/mol. The molecule has 0 amide bonds. The first-order valence-electron chi connectivity index (χ1n) is 6.89. The maximum absolute atomic E-state index is 11.8. The second kappa shape index (κ2) is 5.64. The Balaban J connectivity index is 2.33. The predicted molar refractivity (Wildman–Crippen MR) is 77.6 cm³/mol. The molecule has 1 saturated heterocycles. The Bertz CT molecular complexity index is 672. The maximum Gasteiger partial charge on any atom is 0.340 e. The number of aromatic nitrogens is 1. The number of nitrogens with zero attached hydrogens (tertiary/aromatic N) is 3. The summed E-state index contributed by atoms with van der Waals surface area (Å²) < 4.78 is 4.93. The number of carbonyl (C=O) groups is 2. The molecule has 0 bridgehead atoms. The van der Waals surface area contributed by atoms with Crippen molar-refractivity contribution < 1.29 is 19.4 Å². The number of hydrogen-bond donors (Lipinski definition) is 1. The molecule has 116 valence electrons. The largest absolute Gasteiger partial charge is 0.481 e. The normalized spacial score (nSPS) is 15.6. The molecule has 0 saturated carbocycles. The average Bonchev–Trinajstić information content (AvgIpc) is 2.43. The van der Waals surface area contributed by atoms with Gasteiger partial charge in [-0.1, -0.05) is 0 Å². The lowest BCUT2D eigenvalue weighted by molar-refractivity contribution is -0.149. The highest BCUT2D eigenvalue weighted by atomic mass is 16.5. The molecule has 22 heavy (non-hydrogen) atoms. The molecule has 7 heteroatoms. The molecule has 2 rings (SSSR count). The Kier molecular flexibility index (Phi) is 4.04. The molecule has 1 aliphatic heterocycles. The van der Waals surface area contributed by atoms with Crippen molar-refractivity contribution >= 4 is 17.8 Å². The number of hydrogen-bond acceptors (Lipinski definition) is 6. The summed E-state index contributed by atoms with van der Waals surface area (Å²) >= 11 is 0. The van der Waals surface area contributed by atoms with E-state index in [2.05, 4.69) is 4.98 Å². The third-order valence-electron chi connectivity index (χ3n) is 3.82. The van der Waals surface area contributed by atoms with Gasteiger partial charge in [0.05, 0.1) is 23.1 Å². The molecule has 0 aromatic carbocycles. The molecule has 0 atom stereocenters. The fraction of sp³-hybridized carbons (Fsp3) is 0.467. The van der Waals surface area contributed by atoms with Gasteiger partial charge >= 0.3 is 11.9 Å². The van der Waals surface area contributed by atoms with E-state index < -0.39 is 17.4 Å². The topological polar surface area (TPSA) is 104 Å². The van der Waals surface area contributed by atoms with E-state index in [1.807, 2.05) is 6.07 Å². The van der Waals surface area contributed by atoms with Gasteiger partial charge in [-0.05, 0) is 26.3 Å². The highest BCUT2D eigenvalue weighted by molar-refractivity contribution is 5.92. The van der Waals surface area contributed by atoms with E-state index in [0.717, 1.165) is 0 Å². The molecule has 2 heterocycles. The van der Waals surface area contributed by atoms with E-state index in [0.29, 0.717) is 11.4 Å². The van der Waals surface area contributed by atoms with Crippen molar-refractivity contribution in [1.82, 2.24) is 4.98 Å². The Morgan fingerprint density at radius 1 is 1.55 bits per heavy atom. The van der Waals surface area contributed by atoms with Crippen LogP contribution < -0.4 is 4.90 Å². The number of carboxylic acids is 1. The number of rotatable bonds is 4. The van der Waals surface area contributed by atoms with E-state index in [9.17, 15) is 14.9 Å². The van der Waals surface area contributed by atoms with Crippen molar-refractivity contribution in [2.45, 2.75) is 20.8 Å². The monoisotopic (exact) mass is 303 g/mol. The number of carboxylic acid groups (broad SMARTS) is 1. The minimum Gasteiger partial charge on any atom is -0.481 e. The van der Waals surface area contributed by atoms with E-state index in [1.165, 1.54) is 6.20 Å². The van der Waals surface area contributed by atoms with Crippen LogP contribution in [0.2, 0.25) is 0 Å². The molecule has 0 spiro atoms. The van der Waals surface area contributed by atoms with Crippen LogP contribution in [0.15, 0.2) is 6.20 Å². The SMILES string of the molecule is CCOC(=O)c1cnc(N2CC(C)(C(=O)O)C2)c(C#N)c1C. The lowest BCUT2D eigenvalue weighted by Gasteiger charge is -2.45. The van der Waals surface area contributed by atoms with Crippen LogP contribution in [0.3, 0.4) is 0 Å². The standard InChI is InChI=1S/C15H17N3O4/c1-4-22-13(19)11-6-17-12(10(5-16)9(11)2)18-7-15(3,8-18)14(20)21/h6H,4,7-8H2,1-3H3,(H,20,21). The highest BCUT2D eigenvalue weighted by Crippen LogP contribution is 2.36. The van der Waals surface area contributed by atoms with Crippen molar-refractivity contribution in [2.24, 2.45) is 5.41 Å². The Morgan fingerprint density at radius 2 is 2.18 bits per heavy atom. The first kappa shape index (κ1) is 15.8. The van der Waals surface area contributed by atoms with Crippen LogP contribution in [0.25, 0.3) is 0 Å². The summed E-state index contributed by atoms with van der Waals surface area (Å²) in [5.74, 6) is -0.983. The number of pyridine rings is 1. The van der Waals surface area contributed by atoms with E-state index in [4.69, 9.17) is 9.84 Å². The van der Waals surface area contributed by atoms with Crippen molar-refractivity contribution in [3.05, 3.63) is 22.9 Å². The third kappa shape index (κ3) is 2.48. The molecule has 0 unspecified atom stereocenters. The van der Waals surface area contributed by atoms with Gasteiger partial charge in [0.1, 0.15) is 11.9 Å². The van der Waals surface area contributed by atoms with Crippen molar-refractivity contribution in [1.29, 1.82) is 5.26 Å². The van der Waals surface area contributed by atoms with E-state index in [-0.39, 0.29) is 30.8 Å². The van der Waals surface area contributed by atoms with Crippen LogP contribution >= 0.6 is 0 Å². The summed E-state index contributed by atoms with van der Waals surface area (Å²) in [6.45, 7) is 5.81. The zero-order valence-electron chi connectivity index (χ0n) is 12.7. The van der Waals surface area contributed by atoms with Gasteiger partial charge in [0.25, 0.3) is 0 Å². The van der Waals surface area contributed by atoms with Crippen LogP contribution in [0.1, 0.15) is 35.3 Å². The molecule has 1 N–H and O–H groups in total. The minimum absolute atomic E-state index is 0.241. The van der Waals surface area contributed by atoms with Crippen LogP contribution in [-0.2, 0) is 9.53 Å². The number of aliphatic carboxylic acids is 1. The molecular formula is C15H17N3O4. The second-order valence-electron chi connectivity index (χ2n) is 5.55. The van der Waals surface area contributed by atoms with Gasteiger partial charge in [0.15, 0.2) is 0 Å². The summed E-state index contributed by atoms with van der Waals surface area (Å²) in [5, 5.41) is 18.5. The smallest absolute Gasteiger partial charge is 0.340 e. The van der Waals surface area contributed by atoms with E-state index in [1.54, 1.807) is 25.7 Å². The Morgan fingerprint density at radius 3 is 2.68 bits per heavy atom. The van der Waals surface area contributed by atoms with Gasteiger partial charge in [0, 0.05) is 19.3 Å². The fourth-order valence-electron chi connectivity index (χ4n) is 2.46. The predicted octanol–water partition coefficient (Wildman–Crippen LogP) is 1.35. The van der Waals surface area contributed by atoms with Gasteiger partial charge in [-0.3, -0.25) is 4.79 Å². The minimum atomic E-state index is -0.873. The lowest BCUT2D eigenvalue weighted by Crippen LogP contribution is -2.59. The van der Waals surface area contributed by atoms with Crippen molar-refractivity contribution in [3.8, 4) is 6.07 Å². The summed E-state index contributed by atoms with van der Waals surface area (Å²) in [5.41, 5.74) is 0.193. The molecule has 0 aliphatic carbocycles. The second-order valence-corrected chi connectivity index (χ2v) is 5.55. The zero-order valence-corrected chi connectivity index (χ0v) is 12.7. The lowest BCUT2D eigenvalue weighted by atomic mass is 9.82. The molecule has 7 nitrogen and oxygen atoms in total. The fourth-order valence-corrected chi connectivity index (χ4v) is 2.46. The summed E-state index contributed by atoms with van der Waals surface area (Å²) in [6, 6.07) is 2.05. The van der Waals surface area contributed by atoms with Gasteiger partial charge < -0.3 is 14.7 Å². The Hall–Kier alpha value is -2.62. The summed E-state index contributed by atoms with van der Waals surface area (Å²) in [6.07, 6.45) is 1.37. The van der Waals surface area contributed by atoms with Crippen molar-refractivity contribution in [3.63, 3.8) is 0 Å². The van der Waals surface area contributed by atoms with Crippen LogP contribution in [0.5, 0.6) is 0 Å².